The molecule has 5 aromatic rings. The molecule has 0 saturated heterocycles. The Bertz CT molecular complexity index is 1530. The molecule has 0 saturated carbocycles. The number of hydrogen-bond donors (Lipinski definition) is 0. The van der Waals surface area contributed by atoms with E-state index in [-0.39, 0.29) is 5.82 Å². The average Bonchev–Trinajstić information content (AvgIpc) is 3.35. The number of thiazole rings is 1. The standard InChI is InChI=1S/C28H22FN3OS2/c1-2-26-31-27(20-13-15-22(29)16-14-20)28(34-26)21-17-18-30-25(19-21)32-35(33,23-9-5-3-6-10-23)24-11-7-4-8-12-24/h3-19H,2H2,1H3. The smallest absolute Gasteiger partial charge is 0.162 e. The zero-order valence-electron chi connectivity index (χ0n) is 19.0. The van der Waals surface area contributed by atoms with E-state index < -0.39 is 9.73 Å². The highest BCUT2D eigenvalue weighted by Crippen LogP contribution is 2.38. The molecule has 0 amide bonds. The van der Waals surface area contributed by atoms with Crippen LogP contribution in [0.15, 0.2) is 117 Å². The van der Waals surface area contributed by atoms with Gasteiger partial charge in [0.1, 0.15) is 15.5 Å². The number of pyridine rings is 1. The maximum Gasteiger partial charge on any atom is 0.162 e. The van der Waals surface area contributed by atoms with Gasteiger partial charge < -0.3 is 0 Å². The lowest BCUT2D eigenvalue weighted by atomic mass is 10.1. The molecule has 0 fully saturated rings. The van der Waals surface area contributed by atoms with E-state index in [1.807, 2.05) is 72.8 Å². The van der Waals surface area contributed by atoms with Crippen LogP contribution in [0.25, 0.3) is 21.7 Å². The summed E-state index contributed by atoms with van der Waals surface area (Å²) < 4.78 is 32.6. The van der Waals surface area contributed by atoms with Crippen molar-refractivity contribution in [3.8, 4) is 21.7 Å². The van der Waals surface area contributed by atoms with Crippen molar-refractivity contribution in [2.75, 3.05) is 0 Å². The minimum absolute atomic E-state index is 0.289. The quantitative estimate of drug-likeness (QED) is 0.240. The van der Waals surface area contributed by atoms with Crippen LogP contribution in [0.2, 0.25) is 0 Å². The highest BCUT2D eigenvalue weighted by Gasteiger charge is 2.18. The van der Waals surface area contributed by atoms with Gasteiger partial charge in [-0.3, -0.25) is 0 Å². The van der Waals surface area contributed by atoms with E-state index in [4.69, 9.17) is 9.35 Å². The highest BCUT2D eigenvalue weighted by molar-refractivity contribution is 7.93. The lowest BCUT2D eigenvalue weighted by Gasteiger charge is -2.11. The summed E-state index contributed by atoms with van der Waals surface area (Å²) in [5.74, 6) is 0.0829. The lowest BCUT2D eigenvalue weighted by Crippen LogP contribution is -2.01. The summed E-state index contributed by atoms with van der Waals surface area (Å²) in [5, 5.41) is 0.979. The van der Waals surface area contributed by atoms with Gasteiger partial charge in [-0.2, -0.15) is 4.36 Å². The number of nitrogens with zero attached hydrogens (tertiary/aromatic N) is 3. The molecule has 0 unspecified atom stereocenters. The van der Waals surface area contributed by atoms with Crippen molar-refractivity contribution in [3.05, 3.63) is 114 Å². The van der Waals surface area contributed by atoms with Crippen LogP contribution in [0.5, 0.6) is 0 Å². The van der Waals surface area contributed by atoms with Gasteiger partial charge in [-0.25, -0.2) is 18.6 Å². The van der Waals surface area contributed by atoms with Gasteiger partial charge in [-0.15, -0.1) is 11.3 Å². The fourth-order valence-corrected chi connectivity index (χ4v) is 6.63. The summed E-state index contributed by atoms with van der Waals surface area (Å²) in [6.45, 7) is 2.05. The monoisotopic (exact) mass is 499 g/mol. The van der Waals surface area contributed by atoms with Crippen molar-refractivity contribution < 1.29 is 8.60 Å². The number of aromatic nitrogens is 2. The van der Waals surface area contributed by atoms with Crippen molar-refractivity contribution in [2.24, 2.45) is 4.36 Å². The molecule has 2 heterocycles. The average molecular weight is 500 g/mol. The van der Waals surface area contributed by atoms with E-state index in [0.29, 0.717) is 15.6 Å². The molecule has 0 aliphatic heterocycles. The second-order valence-corrected chi connectivity index (χ2v) is 11.1. The van der Waals surface area contributed by atoms with Crippen LogP contribution in [0.3, 0.4) is 0 Å². The van der Waals surface area contributed by atoms with Crippen LogP contribution in [0.1, 0.15) is 11.9 Å². The zero-order valence-corrected chi connectivity index (χ0v) is 20.6. The topological polar surface area (TPSA) is 55.2 Å². The number of rotatable bonds is 6. The molecule has 0 N–H and O–H groups in total. The Labute approximate surface area is 208 Å². The molecule has 0 bridgehead atoms. The molecule has 2 aromatic heterocycles. The molecule has 3 aromatic carbocycles. The van der Waals surface area contributed by atoms with Crippen LogP contribution >= 0.6 is 11.3 Å². The number of benzene rings is 3. The molecular weight excluding hydrogens is 477 g/mol. The van der Waals surface area contributed by atoms with Gasteiger partial charge in [0.25, 0.3) is 0 Å². The third-order valence-electron chi connectivity index (χ3n) is 5.45. The minimum atomic E-state index is -2.96. The highest BCUT2D eigenvalue weighted by atomic mass is 32.2. The van der Waals surface area contributed by atoms with Crippen molar-refractivity contribution in [1.82, 2.24) is 9.97 Å². The molecule has 7 heteroatoms. The van der Waals surface area contributed by atoms with Crippen LogP contribution in [-0.2, 0) is 16.1 Å². The first kappa shape index (κ1) is 23.1. The molecule has 174 valence electrons. The van der Waals surface area contributed by atoms with Crippen LogP contribution in [-0.4, -0.2) is 14.2 Å². The Balaban J connectivity index is 1.66. The minimum Gasteiger partial charge on any atom is -0.241 e. The van der Waals surface area contributed by atoms with Crippen molar-refractivity contribution in [2.45, 2.75) is 23.1 Å². The SMILES string of the molecule is CCc1nc(-c2ccc(F)cc2)c(-c2ccnc(N=S(=O)(c3ccccc3)c3ccccc3)c2)s1. The van der Waals surface area contributed by atoms with E-state index in [0.717, 1.165) is 33.1 Å². The third kappa shape index (κ3) is 4.78. The molecule has 35 heavy (non-hydrogen) atoms. The summed E-state index contributed by atoms with van der Waals surface area (Å²) in [4.78, 5) is 11.4. The summed E-state index contributed by atoms with van der Waals surface area (Å²) in [7, 11) is -2.96. The molecule has 0 radical (unpaired) electrons. The van der Waals surface area contributed by atoms with Gasteiger partial charge in [0.15, 0.2) is 5.82 Å². The largest absolute Gasteiger partial charge is 0.241 e. The van der Waals surface area contributed by atoms with Crippen LogP contribution in [0, 0.1) is 5.82 Å². The van der Waals surface area contributed by atoms with Crippen molar-refractivity contribution in [1.29, 1.82) is 0 Å². The van der Waals surface area contributed by atoms with Crippen molar-refractivity contribution >= 4 is 26.9 Å². The van der Waals surface area contributed by atoms with Crippen LogP contribution < -0.4 is 0 Å². The Morgan fingerprint density at radius 3 is 2.09 bits per heavy atom. The normalized spacial score (nSPS) is 11.4. The maximum absolute atomic E-state index is 14.3. The van der Waals surface area contributed by atoms with Gasteiger partial charge in [0.2, 0.25) is 0 Å². The Hall–Kier alpha value is -3.68. The fraction of sp³-hybridized carbons (Fsp3) is 0.0714. The summed E-state index contributed by atoms with van der Waals surface area (Å²) in [6.07, 6.45) is 2.46. The predicted molar refractivity (Wildman–Crippen MR) is 140 cm³/mol. The van der Waals surface area contributed by atoms with Gasteiger partial charge in [-0.1, -0.05) is 43.3 Å². The van der Waals surface area contributed by atoms with E-state index in [9.17, 15) is 8.60 Å². The Kier molecular flexibility index (Phi) is 6.53. The van der Waals surface area contributed by atoms with Crippen LogP contribution in [0.4, 0.5) is 10.2 Å². The van der Waals surface area contributed by atoms with Gasteiger partial charge in [0.05, 0.1) is 25.4 Å². The van der Waals surface area contributed by atoms with Gasteiger partial charge in [0, 0.05) is 11.8 Å². The molecule has 5 rings (SSSR count). The molecule has 0 spiro atoms. The van der Waals surface area contributed by atoms with Crippen molar-refractivity contribution in [3.63, 3.8) is 0 Å². The predicted octanol–water partition coefficient (Wildman–Crippen LogP) is 7.79. The summed E-state index contributed by atoms with van der Waals surface area (Å²) in [5.41, 5.74) is 2.50. The number of aryl methyl sites for hydroxylation is 1. The third-order valence-corrected chi connectivity index (χ3v) is 8.96. The van der Waals surface area contributed by atoms with Gasteiger partial charge in [-0.05, 0) is 72.6 Å². The first-order chi connectivity index (χ1) is 17.1. The number of hydrogen-bond acceptors (Lipinski definition) is 5. The second kappa shape index (κ2) is 9.90. The van der Waals surface area contributed by atoms with Gasteiger partial charge >= 0.3 is 0 Å². The number of halogens is 1. The Morgan fingerprint density at radius 2 is 1.49 bits per heavy atom. The summed E-state index contributed by atoms with van der Waals surface area (Å²) >= 11 is 1.59. The Morgan fingerprint density at radius 1 is 0.857 bits per heavy atom. The van der Waals surface area contributed by atoms with E-state index in [2.05, 4.69) is 11.9 Å². The van der Waals surface area contributed by atoms with E-state index in [1.54, 1.807) is 29.7 Å². The van der Waals surface area contributed by atoms with E-state index >= 15 is 0 Å². The first-order valence-corrected chi connectivity index (χ1v) is 13.5. The maximum atomic E-state index is 14.3. The van der Waals surface area contributed by atoms with E-state index in [1.165, 1.54) is 12.1 Å². The molecule has 4 nitrogen and oxygen atoms in total. The molecule has 0 aliphatic rings. The fourth-order valence-electron chi connectivity index (χ4n) is 3.71. The second-order valence-electron chi connectivity index (χ2n) is 7.79. The molecular formula is C28H22FN3OS2. The molecule has 0 atom stereocenters. The first-order valence-electron chi connectivity index (χ1n) is 11.2. The summed E-state index contributed by atoms with van der Waals surface area (Å²) in [6, 6.07) is 28.6. The molecule has 0 aliphatic carbocycles. The lowest BCUT2D eigenvalue weighted by molar-refractivity contribution is 0.628. The zero-order chi connectivity index (χ0) is 24.3.